The van der Waals surface area contributed by atoms with Gasteiger partial charge in [0.05, 0.1) is 11.2 Å². The first kappa shape index (κ1) is 23.2. The lowest BCUT2D eigenvalue weighted by Gasteiger charge is -2.32. The lowest BCUT2D eigenvalue weighted by atomic mass is 9.76. The number of halogens is 3. The summed E-state index contributed by atoms with van der Waals surface area (Å²) in [7, 11) is -1.51. The minimum atomic E-state index is -4.12. The SMILES string of the molecule is Cc1ccc(NC(=O)N2CC[C@@H](CC(F)(F)F)[SiH2]C2)cc1B1OC(C)(C)C(C)(C)O1. The van der Waals surface area contributed by atoms with Crippen LogP contribution in [0.2, 0.25) is 5.54 Å². The van der Waals surface area contributed by atoms with Gasteiger partial charge in [-0.1, -0.05) is 11.6 Å². The second-order valence-electron chi connectivity index (χ2n) is 9.34. The lowest BCUT2D eigenvalue weighted by molar-refractivity contribution is -0.135. The van der Waals surface area contributed by atoms with Crippen LogP contribution >= 0.6 is 0 Å². The van der Waals surface area contributed by atoms with Gasteiger partial charge in [0.25, 0.3) is 0 Å². The number of nitrogens with one attached hydrogen (secondary N) is 1. The molecule has 2 amide bonds. The number of rotatable bonds is 3. The molecule has 0 spiro atoms. The Kier molecular flexibility index (Phi) is 6.33. The quantitative estimate of drug-likeness (QED) is 0.731. The van der Waals surface area contributed by atoms with Gasteiger partial charge in [0.1, 0.15) is 0 Å². The third-order valence-electron chi connectivity index (χ3n) is 6.46. The Morgan fingerprint density at radius 3 is 2.43 bits per heavy atom. The molecule has 166 valence electrons. The first-order chi connectivity index (χ1) is 13.8. The lowest BCUT2D eigenvalue weighted by Crippen LogP contribution is -2.44. The van der Waals surface area contributed by atoms with Crippen molar-refractivity contribution in [3.05, 3.63) is 23.8 Å². The number of aryl methyl sites for hydroxylation is 1. The van der Waals surface area contributed by atoms with E-state index in [1.807, 2.05) is 52.8 Å². The van der Waals surface area contributed by atoms with Gasteiger partial charge in [-0.3, -0.25) is 0 Å². The Labute approximate surface area is 178 Å². The number of benzene rings is 1. The highest BCUT2D eigenvalue weighted by Gasteiger charge is 2.52. The topological polar surface area (TPSA) is 50.8 Å². The molecule has 0 saturated carbocycles. The third kappa shape index (κ3) is 5.20. The van der Waals surface area contributed by atoms with Gasteiger partial charge in [-0.05, 0) is 64.2 Å². The van der Waals surface area contributed by atoms with E-state index in [4.69, 9.17) is 9.31 Å². The summed E-state index contributed by atoms with van der Waals surface area (Å²) >= 11 is 0. The number of urea groups is 1. The Morgan fingerprint density at radius 2 is 1.90 bits per heavy atom. The van der Waals surface area contributed by atoms with Crippen molar-refractivity contribution in [2.24, 2.45) is 0 Å². The first-order valence-electron chi connectivity index (χ1n) is 10.4. The molecule has 10 heteroatoms. The number of carbonyl (C=O) groups excluding carboxylic acids is 1. The summed E-state index contributed by atoms with van der Waals surface area (Å²) in [4.78, 5) is 14.3. The average molecular weight is 442 g/mol. The summed E-state index contributed by atoms with van der Waals surface area (Å²) in [5.41, 5.74) is 1.26. The molecule has 2 aliphatic heterocycles. The fourth-order valence-electron chi connectivity index (χ4n) is 3.81. The van der Waals surface area contributed by atoms with E-state index >= 15 is 0 Å². The van der Waals surface area contributed by atoms with Crippen LogP contribution in [0.1, 0.15) is 46.1 Å². The number of hydrogen-bond acceptors (Lipinski definition) is 3. The molecule has 3 rings (SSSR count). The van der Waals surface area contributed by atoms with Crippen LogP contribution in [0.5, 0.6) is 0 Å². The minimum absolute atomic E-state index is 0.267. The van der Waals surface area contributed by atoms with Crippen LogP contribution in [0.25, 0.3) is 0 Å². The van der Waals surface area contributed by atoms with Gasteiger partial charge in [-0.2, -0.15) is 13.2 Å². The van der Waals surface area contributed by atoms with Crippen molar-refractivity contribution in [2.45, 2.75) is 70.4 Å². The molecular weight excluding hydrogens is 412 g/mol. The Morgan fingerprint density at radius 1 is 1.27 bits per heavy atom. The molecule has 0 aromatic heterocycles. The summed E-state index contributed by atoms with van der Waals surface area (Å²) in [6.07, 6.45) is -3.95. The highest BCUT2D eigenvalue weighted by molar-refractivity contribution is 6.62. The molecule has 2 saturated heterocycles. The summed E-state index contributed by atoms with van der Waals surface area (Å²) in [5, 5.41) is 2.88. The summed E-state index contributed by atoms with van der Waals surface area (Å²) in [6, 6.07) is 5.30. The Balaban J connectivity index is 1.63. The van der Waals surface area contributed by atoms with Crippen molar-refractivity contribution in [1.29, 1.82) is 0 Å². The van der Waals surface area contributed by atoms with Crippen molar-refractivity contribution in [2.75, 3.05) is 18.0 Å². The van der Waals surface area contributed by atoms with Gasteiger partial charge < -0.3 is 19.5 Å². The maximum absolute atomic E-state index is 12.6. The van der Waals surface area contributed by atoms with Gasteiger partial charge in [0, 0.05) is 34.3 Å². The van der Waals surface area contributed by atoms with Crippen molar-refractivity contribution >= 4 is 33.8 Å². The molecule has 2 fully saturated rings. The van der Waals surface area contributed by atoms with Gasteiger partial charge in [0.2, 0.25) is 0 Å². The Bertz CT molecular complexity index is 780. The van der Waals surface area contributed by atoms with E-state index in [-0.39, 0.29) is 11.6 Å². The largest absolute Gasteiger partial charge is 0.495 e. The average Bonchev–Trinajstić information content (AvgIpc) is 2.83. The maximum atomic E-state index is 12.6. The fraction of sp³-hybridized carbons (Fsp3) is 0.650. The van der Waals surface area contributed by atoms with Gasteiger partial charge in [-0.15, -0.1) is 0 Å². The van der Waals surface area contributed by atoms with Crippen LogP contribution in [0.3, 0.4) is 0 Å². The molecular formula is C20H30BF3N2O3Si. The monoisotopic (exact) mass is 442 g/mol. The second-order valence-corrected chi connectivity index (χ2v) is 11.5. The van der Waals surface area contributed by atoms with Crippen LogP contribution in [-0.4, -0.2) is 57.7 Å². The predicted molar refractivity (Wildman–Crippen MR) is 115 cm³/mol. The van der Waals surface area contributed by atoms with Crippen LogP contribution in [0, 0.1) is 6.92 Å². The highest BCUT2D eigenvalue weighted by Crippen LogP contribution is 2.37. The van der Waals surface area contributed by atoms with Gasteiger partial charge in [0.15, 0.2) is 0 Å². The van der Waals surface area contributed by atoms with Gasteiger partial charge in [-0.25, -0.2) is 4.79 Å². The van der Waals surface area contributed by atoms with E-state index < -0.39 is 40.4 Å². The van der Waals surface area contributed by atoms with Crippen molar-refractivity contribution in [3.63, 3.8) is 0 Å². The molecule has 2 aliphatic rings. The normalized spacial score (nSPS) is 24.3. The number of carbonyl (C=O) groups is 1. The van der Waals surface area contributed by atoms with Crippen molar-refractivity contribution < 1.29 is 27.3 Å². The zero-order chi connectivity index (χ0) is 22.3. The summed E-state index contributed by atoms with van der Waals surface area (Å²) < 4.78 is 50.0. The standard InChI is InChI=1S/C20H30BF3N2O3Si/c1-13-6-7-14(10-16(13)21-28-18(2,3)19(4,5)29-21)25-17(27)26-9-8-15(30-12-26)11-20(22,23)24/h6-7,10,15H,8-9,11-12,30H2,1-5H3,(H,25,27)/t15-/m0/s1. The molecule has 1 aromatic rings. The number of amides is 2. The highest BCUT2D eigenvalue weighted by atomic mass is 28.2. The molecule has 0 aliphatic carbocycles. The number of nitrogens with zero attached hydrogens (tertiary/aromatic N) is 1. The zero-order valence-electron chi connectivity index (χ0n) is 18.2. The van der Waals surface area contributed by atoms with Gasteiger partial charge >= 0.3 is 19.3 Å². The number of alkyl halides is 3. The minimum Gasteiger partial charge on any atom is -0.399 e. The summed E-state index contributed by atoms with van der Waals surface area (Å²) in [6.45, 7) is 10.3. The van der Waals surface area contributed by atoms with E-state index in [9.17, 15) is 18.0 Å². The summed E-state index contributed by atoms with van der Waals surface area (Å²) in [5.74, 6) is 0. The molecule has 1 N–H and O–H groups in total. The number of anilines is 1. The fourth-order valence-corrected chi connectivity index (χ4v) is 5.92. The number of hydrogen-bond donors (Lipinski definition) is 1. The molecule has 0 bridgehead atoms. The van der Waals surface area contributed by atoms with Crippen LogP contribution in [0.4, 0.5) is 23.7 Å². The first-order valence-corrected chi connectivity index (χ1v) is 12.2. The molecule has 1 atom stereocenters. The van der Waals surface area contributed by atoms with E-state index in [0.717, 1.165) is 11.0 Å². The zero-order valence-corrected chi connectivity index (χ0v) is 19.6. The molecule has 1 aromatic carbocycles. The van der Waals surface area contributed by atoms with Crippen LogP contribution < -0.4 is 10.8 Å². The Hall–Kier alpha value is -1.52. The van der Waals surface area contributed by atoms with E-state index in [1.165, 1.54) is 0 Å². The molecule has 30 heavy (non-hydrogen) atoms. The predicted octanol–water partition coefficient (Wildman–Crippen LogP) is 3.40. The molecule has 5 nitrogen and oxygen atoms in total. The molecule has 0 radical (unpaired) electrons. The van der Waals surface area contributed by atoms with E-state index in [1.54, 1.807) is 4.90 Å². The van der Waals surface area contributed by atoms with E-state index in [0.29, 0.717) is 24.8 Å². The molecule has 0 unspecified atom stereocenters. The van der Waals surface area contributed by atoms with Crippen LogP contribution in [-0.2, 0) is 9.31 Å². The molecule has 2 heterocycles. The third-order valence-corrected chi connectivity index (χ3v) is 8.77. The smallest absolute Gasteiger partial charge is 0.399 e. The second kappa shape index (κ2) is 8.20. The van der Waals surface area contributed by atoms with Crippen molar-refractivity contribution in [3.8, 4) is 0 Å². The van der Waals surface area contributed by atoms with E-state index in [2.05, 4.69) is 5.32 Å². The van der Waals surface area contributed by atoms with Crippen LogP contribution in [0.15, 0.2) is 18.2 Å². The van der Waals surface area contributed by atoms with Crippen molar-refractivity contribution in [1.82, 2.24) is 4.90 Å². The maximum Gasteiger partial charge on any atom is 0.495 e.